The van der Waals surface area contributed by atoms with Crippen molar-refractivity contribution < 1.29 is 9.90 Å². The van der Waals surface area contributed by atoms with Gasteiger partial charge in [-0.2, -0.15) is 5.26 Å². The van der Waals surface area contributed by atoms with E-state index < -0.39 is 5.97 Å². The molecule has 0 bridgehead atoms. The summed E-state index contributed by atoms with van der Waals surface area (Å²) in [4.78, 5) is 10.9. The van der Waals surface area contributed by atoms with Crippen LogP contribution in [-0.4, -0.2) is 17.6 Å². The Labute approximate surface area is 120 Å². The van der Waals surface area contributed by atoms with Crippen molar-refractivity contribution in [1.82, 2.24) is 0 Å². The predicted molar refractivity (Wildman–Crippen MR) is 75.9 cm³/mol. The Kier molecular flexibility index (Phi) is 4.11. The Morgan fingerprint density at radius 2 is 2.26 bits per heavy atom. The molecule has 1 fully saturated rings. The zero-order valence-electron chi connectivity index (χ0n) is 10.4. The number of rotatable bonds is 5. The van der Waals surface area contributed by atoms with Crippen LogP contribution >= 0.6 is 15.9 Å². The Bertz CT molecular complexity index is 533. The number of nitriles is 1. The van der Waals surface area contributed by atoms with Crippen molar-refractivity contribution in [2.45, 2.75) is 25.7 Å². The SMILES string of the molecule is N#Cc1ccc(NCC2(CC(=O)O)CCC2)cc1Br. The van der Waals surface area contributed by atoms with Gasteiger partial charge in [-0.1, -0.05) is 6.42 Å². The summed E-state index contributed by atoms with van der Waals surface area (Å²) in [7, 11) is 0. The molecule has 0 unspecified atom stereocenters. The van der Waals surface area contributed by atoms with Crippen molar-refractivity contribution in [3.05, 3.63) is 28.2 Å². The highest BCUT2D eigenvalue weighted by molar-refractivity contribution is 9.10. The lowest BCUT2D eigenvalue weighted by molar-refractivity contribution is -0.141. The fourth-order valence-corrected chi connectivity index (χ4v) is 2.89. The highest BCUT2D eigenvalue weighted by Crippen LogP contribution is 2.44. The van der Waals surface area contributed by atoms with Crippen LogP contribution in [0.15, 0.2) is 22.7 Å². The molecular formula is C14H15BrN2O2. The number of hydrogen-bond donors (Lipinski definition) is 2. The summed E-state index contributed by atoms with van der Waals surface area (Å²) in [5.74, 6) is -0.734. The normalized spacial score (nSPS) is 16.2. The van der Waals surface area contributed by atoms with E-state index in [0.29, 0.717) is 12.1 Å². The van der Waals surface area contributed by atoms with Crippen molar-refractivity contribution in [1.29, 1.82) is 5.26 Å². The summed E-state index contributed by atoms with van der Waals surface area (Å²) < 4.78 is 0.751. The third-order valence-electron chi connectivity index (χ3n) is 3.70. The molecule has 4 nitrogen and oxygen atoms in total. The van der Waals surface area contributed by atoms with Gasteiger partial charge in [0.1, 0.15) is 6.07 Å². The van der Waals surface area contributed by atoms with Crippen LogP contribution in [0, 0.1) is 16.7 Å². The first-order valence-corrected chi connectivity index (χ1v) is 6.99. The van der Waals surface area contributed by atoms with Gasteiger partial charge in [-0.05, 0) is 52.4 Å². The number of benzene rings is 1. The molecule has 2 N–H and O–H groups in total. The number of anilines is 1. The molecule has 1 aliphatic rings. The molecule has 1 saturated carbocycles. The minimum atomic E-state index is -0.734. The molecule has 0 heterocycles. The maximum absolute atomic E-state index is 10.9. The van der Waals surface area contributed by atoms with Crippen LogP contribution < -0.4 is 5.32 Å². The Morgan fingerprint density at radius 3 is 2.74 bits per heavy atom. The van der Waals surface area contributed by atoms with Crippen LogP contribution in [0.1, 0.15) is 31.2 Å². The average Bonchev–Trinajstić information content (AvgIpc) is 2.32. The minimum Gasteiger partial charge on any atom is -0.481 e. The molecule has 5 heteroatoms. The van der Waals surface area contributed by atoms with Gasteiger partial charge in [0.25, 0.3) is 0 Å². The molecule has 0 spiro atoms. The fourth-order valence-electron chi connectivity index (χ4n) is 2.42. The lowest BCUT2D eigenvalue weighted by Gasteiger charge is -2.41. The van der Waals surface area contributed by atoms with E-state index in [1.165, 1.54) is 0 Å². The van der Waals surface area contributed by atoms with Crippen molar-refractivity contribution in [2.24, 2.45) is 5.41 Å². The number of nitrogens with one attached hydrogen (secondary N) is 1. The standard InChI is InChI=1S/C14H15BrN2O2/c15-12-6-11(3-2-10(12)8-16)17-9-14(4-1-5-14)7-13(18)19/h2-3,6,17H,1,4-5,7,9H2,(H,18,19). The maximum Gasteiger partial charge on any atom is 0.303 e. The second-order valence-corrected chi connectivity index (χ2v) is 5.94. The first kappa shape index (κ1) is 13.9. The summed E-state index contributed by atoms with van der Waals surface area (Å²) in [6.45, 7) is 0.664. The smallest absolute Gasteiger partial charge is 0.303 e. The number of nitrogens with zero attached hydrogens (tertiary/aromatic N) is 1. The largest absolute Gasteiger partial charge is 0.481 e. The van der Waals surface area contributed by atoms with E-state index in [2.05, 4.69) is 27.3 Å². The summed E-state index contributed by atoms with van der Waals surface area (Å²) in [6.07, 6.45) is 3.25. The van der Waals surface area contributed by atoms with E-state index in [0.717, 1.165) is 29.4 Å². The topological polar surface area (TPSA) is 73.1 Å². The Balaban J connectivity index is 2.00. The van der Waals surface area contributed by atoms with Gasteiger partial charge in [0.15, 0.2) is 0 Å². The summed E-state index contributed by atoms with van der Waals surface area (Å²) in [5, 5.41) is 21.1. The van der Waals surface area contributed by atoms with Crippen LogP contribution in [0.5, 0.6) is 0 Å². The van der Waals surface area contributed by atoms with E-state index in [4.69, 9.17) is 10.4 Å². The third kappa shape index (κ3) is 3.27. The maximum atomic E-state index is 10.9. The molecule has 0 atom stereocenters. The van der Waals surface area contributed by atoms with Crippen molar-refractivity contribution in [3.63, 3.8) is 0 Å². The monoisotopic (exact) mass is 322 g/mol. The van der Waals surface area contributed by atoms with E-state index in [-0.39, 0.29) is 11.8 Å². The first-order valence-electron chi connectivity index (χ1n) is 6.20. The molecule has 100 valence electrons. The zero-order valence-corrected chi connectivity index (χ0v) is 12.0. The molecule has 0 amide bonds. The van der Waals surface area contributed by atoms with Crippen LogP contribution in [0.25, 0.3) is 0 Å². The molecule has 0 saturated heterocycles. The molecule has 0 aromatic heterocycles. The van der Waals surface area contributed by atoms with Gasteiger partial charge in [0.05, 0.1) is 12.0 Å². The highest BCUT2D eigenvalue weighted by Gasteiger charge is 2.38. The molecule has 0 radical (unpaired) electrons. The van der Waals surface area contributed by atoms with Crippen LogP contribution in [0.2, 0.25) is 0 Å². The molecular weight excluding hydrogens is 308 g/mol. The lowest BCUT2D eigenvalue weighted by atomic mass is 9.66. The van der Waals surface area contributed by atoms with E-state index >= 15 is 0 Å². The van der Waals surface area contributed by atoms with Crippen LogP contribution in [0.4, 0.5) is 5.69 Å². The number of carboxylic acids is 1. The number of carboxylic acid groups (broad SMARTS) is 1. The number of aliphatic carboxylic acids is 1. The predicted octanol–water partition coefficient (Wildman–Crippen LogP) is 3.38. The van der Waals surface area contributed by atoms with Gasteiger partial charge < -0.3 is 10.4 Å². The molecule has 1 aromatic carbocycles. The first-order chi connectivity index (χ1) is 9.04. The van der Waals surface area contributed by atoms with Crippen molar-refractivity contribution in [2.75, 3.05) is 11.9 Å². The summed E-state index contributed by atoms with van der Waals surface area (Å²) in [6, 6.07) is 7.53. The zero-order chi connectivity index (χ0) is 13.9. The quantitative estimate of drug-likeness (QED) is 0.871. The Hall–Kier alpha value is -1.54. The summed E-state index contributed by atoms with van der Waals surface area (Å²) in [5.41, 5.74) is 1.39. The lowest BCUT2D eigenvalue weighted by Crippen LogP contribution is -2.38. The number of halogens is 1. The van der Waals surface area contributed by atoms with Gasteiger partial charge in [-0.15, -0.1) is 0 Å². The van der Waals surface area contributed by atoms with E-state index in [1.807, 2.05) is 12.1 Å². The second-order valence-electron chi connectivity index (χ2n) is 5.08. The highest BCUT2D eigenvalue weighted by atomic mass is 79.9. The average molecular weight is 323 g/mol. The van der Waals surface area contributed by atoms with Crippen molar-refractivity contribution in [3.8, 4) is 6.07 Å². The van der Waals surface area contributed by atoms with Gasteiger partial charge in [-0.3, -0.25) is 4.79 Å². The summed E-state index contributed by atoms with van der Waals surface area (Å²) >= 11 is 3.34. The molecule has 1 aliphatic carbocycles. The van der Waals surface area contributed by atoms with E-state index in [9.17, 15) is 4.79 Å². The number of hydrogen-bond acceptors (Lipinski definition) is 3. The molecule has 1 aromatic rings. The Morgan fingerprint density at radius 1 is 1.53 bits per heavy atom. The molecule has 0 aliphatic heterocycles. The van der Waals surface area contributed by atoms with Gasteiger partial charge in [0.2, 0.25) is 0 Å². The van der Waals surface area contributed by atoms with Crippen LogP contribution in [0.3, 0.4) is 0 Å². The van der Waals surface area contributed by atoms with Crippen LogP contribution in [-0.2, 0) is 4.79 Å². The fraction of sp³-hybridized carbons (Fsp3) is 0.429. The second kappa shape index (κ2) is 5.62. The minimum absolute atomic E-state index is 0.105. The van der Waals surface area contributed by atoms with Gasteiger partial charge >= 0.3 is 5.97 Å². The molecule has 2 rings (SSSR count). The third-order valence-corrected chi connectivity index (χ3v) is 4.35. The van der Waals surface area contributed by atoms with Gasteiger partial charge in [0, 0.05) is 16.7 Å². The van der Waals surface area contributed by atoms with Crippen molar-refractivity contribution >= 4 is 27.6 Å². The number of carbonyl (C=O) groups is 1. The van der Waals surface area contributed by atoms with Gasteiger partial charge in [-0.25, -0.2) is 0 Å². The molecule has 19 heavy (non-hydrogen) atoms. The van der Waals surface area contributed by atoms with E-state index in [1.54, 1.807) is 6.07 Å².